The third-order valence-electron chi connectivity index (χ3n) is 5.71. The molecule has 0 radical (unpaired) electrons. The van der Waals surface area contributed by atoms with Gasteiger partial charge >= 0.3 is 0 Å². The van der Waals surface area contributed by atoms with E-state index in [-0.39, 0.29) is 23.2 Å². The summed E-state index contributed by atoms with van der Waals surface area (Å²) in [5.74, 6) is -0.518. The first-order chi connectivity index (χ1) is 15.3. The quantitative estimate of drug-likeness (QED) is 0.544. The molecule has 4 rings (SSSR count). The summed E-state index contributed by atoms with van der Waals surface area (Å²) >= 11 is 1.23. The molecule has 0 amide bonds. The first-order valence-corrected chi connectivity index (χ1v) is 12.8. The van der Waals surface area contributed by atoms with Crippen molar-refractivity contribution in [1.82, 2.24) is 14.9 Å². The SMILES string of the molecule is Cc1c(OC2CCN([C@H](C)c3ccccc3)CC2)cnc(S(=O)(=O)Nc2cscn2)c1F. The molecule has 0 saturated carbocycles. The molecule has 0 bridgehead atoms. The number of sulfonamides is 1. The fourth-order valence-electron chi connectivity index (χ4n) is 3.80. The zero-order chi connectivity index (χ0) is 22.7. The maximum Gasteiger partial charge on any atom is 0.283 e. The van der Waals surface area contributed by atoms with Gasteiger partial charge in [-0.3, -0.25) is 9.62 Å². The molecule has 1 saturated heterocycles. The summed E-state index contributed by atoms with van der Waals surface area (Å²) in [6.45, 7) is 5.42. The first-order valence-electron chi connectivity index (χ1n) is 10.4. The third-order valence-corrected chi connectivity index (χ3v) is 7.57. The number of pyridine rings is 1. The Morgan fingerprint density at radius 1 is 1.22 bits per heavy atom. The minimum Gasteiger partial charge on any atom is -0.488 e. The van der Waals surface area contributed by atoms with E-state index in [0.717, 1.165) is 25.9 Å². The maximum atomic E-state index is 14.9. The Hall–Kier alpha value is -2.56. The first kappa shape index (κ1) is 22.6. The van der Waals surface area contributed by atoms with Gasteiger partial charge in [0.15, 0.2) is 11.6 Å². The predicted molar refractivity (Wildman–Crippen MR) is 122 cm³/mol. The van der Waals surface area contributed by atoms with Crippen molar-refractivity contribution in [2.24, 2.45) is 0 Å². The monoisotopic (exact) mass is 476 g/mol. The number of piperidine rings is 1. The molecule has 1 aliphatic rings. The molecule has 1 aromatic carbocycles. The Morgan fingerprint density at radius 3 is 2.59 bits per heavy atom. The number of thiazole rings is 1. The van der Waals surface area contributed by atoms with E-state index in [1.165, 1.54) is 40.9 Å². The number of rotatable bonds is 7. The van der Waals surface area contributed by atoms with Gasteiger partial charge in [-0.25, -0.2) is 14.4 Å². The van der Waals surface area contributed by atoms with Crippen LogP contribution in [-0.2, 0) is 10.0 Å². The van der Waals surface area contributed by atoms with Crippen LogP contribution < -0.4 is 9.46 Å². The lowest BCUT2D eigenvalue weighted by Gasteiger charge is -2.36. The van der Waals surface area contributed by atoms with E-state index >= 15 is 0 Å². The number of ether oxygens (including phenoxy) is 1. The van der Waals surface area contributed by atoms with Crippen LogP contribution in [0.5, 0.6) is 5.75 Å². The van der Waals surface area contributed by atoms with Crippen molar-refractivity contribution in [3.8, 4) is 5.75 Å². The number of nitrogens with one attached hydrogen (secondary N) is 1. The van der Waals surface area contributed by atoms with Gasteiger partial charge in [-0.1, -0.05) is 30.3 Å². The Kier molecular flexibility index (Phi) is 6.73. The molecule has 32 heavy (non-hydrogen) atoms. The van der Waals surface area contributed by atoms with Gasteiger partial charge in [0.2, 0.25) is 5.03 Å². The molecular weight excluding hydrogens is 451 g/mol. The Morgan fingerprint density at radius 2 is 1.94 bits per heavy atom. The van der Waals surface area contributed by atoms with Crippen LogP contribution in [0, 0.1) is 12.7 Å². The second kappa shape index (κ2) is 9.51. The number of anilines is 1. The molecule has 0 spiro atoms. The second-order valence-corrected chi connectivity index (χ2v) is 10.1. The third kappa shape index (κ3) is 4.92. The van der Waals surface area contributed by atoms with E-state index < -0.39 is 20.9 Å². The number of hydrogen-bond acceptors (Lipinski definition) is 7. The highest BCUT2D eigenvalue weighted by atomic mass is 32.2. The van der Waals surface area contributed by atoms with E-state index in [1.54, 1.807) is 0 Å². The molecule has 3 aromatic rings. The number of likely N-dealkylation sites (tertiary alicyclic amines) is 1. The lowest BCUT2D eigenvalue weighted by molar-refractivity contribution is 0.0787. The predicted octanol–water partition coefficient (Wildman–Crippen LogP) is 4.39. The van der Waals surface area contributed by atoms with E-state index in [0.29, 0.717) is 6.04 Å². The minimum absolute atomic E-state index is 0.0790. The maximum absolute atomic E-state index is 14.9. The van der Waals surface area contributed by atoms with Crippen LogP contribution in [0.4, 0.5) is 10.2 Å². The second-order valence-electron chi connectivity index (χ2n) is 7.79. The van der Waals surface area contributed by atoms with Gasteiger partial charge in [-0.2, -0.15) is 8.42 Å². The van der Waals surface area contributed by atoms with Crippen molar-refractivity contribution in [2.75, 3.05) is 17.8 Å². The molecule has 10 heteroatoms. The van der Waals surface area contributed by atoms with Crippen LogP contribution in [0.15, 0.2) is 52.4 Å². The van der Waals surface area contributed by atoms with Gasteiger partial charge in [0.1, 0.15) is 11.9 Å². The average Bonchev–Trinajstić information content (AvgIpc) is 3.30. The van der Waals surface area contributed by atoms with Crippen molar-refractivity contribution in [3.05, 3.63) is 64.4 Å². The van der Waals surface area contributed by atoms with Crippen LogP contribution in [0.1, 0.15) is 36.9 Å². The van der Waals surface area contributed by atoms with Crippen LogP contribution in [-0.4, -0.2) is 42.5 Å². The lowest BCUT2D eigenvalue weighted by atomic mass is 10.0. The molecule has 1 atom stereocenters. The van der Waals surface area contributed by atoms with E-state index in [9.17, 15) is 12.8 Å². The largest absolute Gasteiger partial charge is 0.488 e. The van der Waals surface area contributed by atoms with Gasteiger partial charge in [0.25, 0.3) is 10.0 Å². The van der Waals surface area contributed by atoms with Crippen LogP contribution in [0.2, 0.25) is 0 Å². The van der Waals surface area contributed by atoms with Crippen molar-refractivity contribution in [3.63, 3.8) is 0 Å². The van der Waals surface area contributed by atoms with Crippen molar-refractivity contribution >= 4 is 27.2 Å². The Labute approximate surface area is 191 Å². The lowest BCUT2D eigenvalue weighted by Crippen LogP contribution is -2.39. The number of benzene rings is 1. The summed E-state index contributed by atoms with van der Waals surface area (Å²) in [6, 6.07) is 10.7. The summed E-state index contributed by atoms with van der Waals surface area (Å²) in [4.78, 5) is 10.1. The Bertz CT molecular complexity index is 1150. The summed E-state index contributed by atoms with van der Waals surface area (Å²) in [5, 5.41) is 0.854. The zero-order valence-electron chi connectivity index (χ0n) is 17.9. The van der Waals surface area contributed by atoms with Gasteiger partial charge in [0, 0.05) is 30.1 Å². The molecule has 1 fully saturated rings. The minimum atomic E-state index is -4.18. The Balaban J connectivity index is 1.41. The van der Waals surface area contributed by atoms with Crippen molar-refractivity contribution in [2.45, 2.75) is 43.9 Å². The highest BCUT2D eigenvalue weighted by Gasteiger charge is 2.28. The number of aromatic nitrogens is 2. The fourth-order valence-corrected chi connectivity index (χ4v) is 5.42. The van der Waals surface area contributed by atoms with Crippen molar-refractivity contribution < 1.29 is 17.5 Å². The smallest absolute Gasteiger partial charge is 0.283 e. The summed E-state index contributed by atoms with van der Waals surface area (Å²) in [5.41, 5.74) is 2.88. The fraction of sp³-hybridized carbons (Fsp3) is 0.364. The molecule has 1 N–H and O–H groups in total. The summed E-state index contributed by atoms with van der Waals surface area (Å²) in [7, 11) is -4.18. The molecule has 2 aromatic heterocycles. The van der Waals surface area contributed by atoms with Crippen LogP contribution >= 0.6 is 11.3 Å². The number of nitrogens with zero attached hydrogens (tertiary/aromatic N) is 3. The van der Waals surface area contributed by atoms with Crippen molar-refractivity contribution in [1.29, 1.82) is 0 Å². The molecule has 7 nitrogen and oxygen atoms in total. The number of hydrogen-bond donors (Lipinski definition) is 1. The topological polar surface area (TPSA) is 84.4 Å². The molecule has 170 valence electrons. The molecule has 1 aliphatic heterocycles. The molecular formula is C22H25FN4O3S2. The van der Waals surface area contributed by atoms with E-state index in [2.05, 4.69) is 38.6 Å². The summed E-state index contributed by atoms with van der Waals surface area (Å²) < 4.78 is 48.2. The van der Waals surface area contributed by atoms with Gasteiger partial charge in [-0.15, -0.1) is 11.3 Å². The molecule has 0 aliphatic carbocycles. The van der Waals surface area contributed by atoms with E-state index in [4.69, 9.17) is 4.74 Å². The standard InChI is InChI=1S/C22H25FN4O3S2/c1-15-19(12-24-22(21(15)23)32(28,29)26-20-13-31-14-25-20)30-18-8-10-27(11-9-18)16(2)17-6-4-3-5-7-17/h3-7,12-14,16,18,26H,8-11H2,1-2H3/t16-/m1/s1. The van der Waals surface area contributed by atoms with Crippen LogP contribution in [0.25, 0.3) is 0 Å². The molecule has 0 unspecified atom stereocenters. The highest BCUT2D eigenvalue weighted by Crippen LogP contribution is 2.29. The summed E-state index contributed by atoms with van der Waals surface area (Å²) in [6.07, 6.45) is 2.80. The van der Waals surface area contributed by atoms with Gasteiger partial charge < -0.3 is 4.74 Å². The van der Waals surface area contributed by atoms with Crippen LogP contribution in [0.3, 0.4) is 0 Å². The zero-order valence-corrected chi connectivity index (χ0v) is 19.5. The normalized spacial score (nSPS) is 16.6. The van der Waals surface area contributed by atoms with E-state index in [1.807, 2.05) is 18.2 Å². The average molecular weight is 477 g/mol. The highest BCUT2D eigenvalue weighted by molar-refractivity contribution is 7.92. The number of halogens is 1. The van der Waals surface area contributed by atoms with Gasteiger partial charge in [0.05, 0.1) is 11.7 Å². The molecule has 3 heterocycles. The van der Waals surface area contributed by atoms with Gasteiger partial charge in [-0.05, 0) is 32.3 Å².